The van der Waals surface area contributed by atoms with Gasteiger partial charge in [0.15, 0.2) is 0 Å². The Labute approximate surface area is 142 Å². The fraction of sp³-hybridized carbons (Fsp3) is 0.500. The Morgan fingerprint density at radius 2 is 2.12 bits per heavy atom. The molecule has 0 bridgehead atoms. The predicted octanol–water partition coefficient (Wildman–Crippen LogP) is 1.51. The highest BCUT2D eigenvalue weighted by Crippen LogP contribution is 2.19. The van der Waals surface area contributed by atoms with Crippen LogP contribution < -0.4 is 10.1 Å². The number of nitrogens with one attached hydrogen (secondary N) is 1. The second-order valence-corrected chi connectivity index (χ2v) is 5.99. The molecule has 0 saturated carbocycles. The Kier molecular flexibility index (Phi) is 6.62. The smallest absolute Gasteiger partial charge is 0.234 e. The lowest BCUT2D eigenvalue weighted by Gasteiger charge is -2.32. The van der Waals surface area contributed by atoms with Gasteiger partial charge in [-0.3, -0.25) is 9.59 Å². The first-order valence-corrected chi connectivity index (χ1v) is 8.16. The lowest BCUT2D eigenvalue weighted by molar-refractivity contribution is -0.132. The van der Waals surface area contributed by atoms with Crippen LogP contribution in [0.15, 0.2) is 24.3 Å². The monoisotopic (exact) mass is 329 g/mol. The van der Waals surface area contributed by atoms with E-state index in [1.165, 1.54) is 0 Å². The number of carbonyl (C=O) groups excluding carboxylic acids is 2. The summed E-state index contributed by atoms with van der Waals surface area (Å²) in [4.78, 5) is 25.6. The maximum absolute atomic E-state index is 12.4. The van der Waals surface area contributed by atoms with Crippen molar-refractivity contribution in [3.05, 3.63) is 29.8 Å². The number of nitrogens with zero attached hydrogens (tertiary/aromatic N) is 2. The van der Waals surface area contributed by atoms with Gasteiger partial charge >= 0.3 is 0 Å². The Morgan fingerprint density at radius 3 is 2.79 bits per heavy atom. The highest BCUT2D eigenvalue weighted by atomic mass is 16.5. The molecule has 6 heteroatoms. The topological polar surface area (TPSA) is 82.4 Å². The van der Waals surface area contributed by atoms with Gasteiger partial charge in [0.2, 0.25) is 11.8 Å². The largest absolute Gasteiger partial charge is 0.497 e. The van der Waals surface area contributed by atoms with E-state index in [2.05, 4.69) is 5.32 Å². The van der Waals surface area contributed by atoms with E-state index in [1.54, 1.807) is 7.11 Å². The van der Waals surface area contributed by atoms with Crippen LogP contribution in [0.25, 0.3) is 0 Å². The summed E-state index contributed by atoms with van der Waals surface area (Å²) in [7, 11) is 1.61. The summed E-state index contributed by atoms with van der Waals surface area (Å²) in [5, 5.41) is 11.2. The number of amides is 2. The summed E-state index contributed by atoms with van der Waals surface area (Å²) in [6, 6.07) is 9.40. The molecule has 0 radical (unpaired) electrons. The van der Waals surface area contributed by atoms with E-state index in [1.807, 2.05) is 35.2 Å². The number of carbonyl (C=O) groups is 2. The third kappa shape index (κ3) is 5.27. The minimum atomic E-state index is -0.228. The molecular weight excluding hydrogens is 306 g/mol. The average Bonchev–Trinajstić information content (AvgIpc) is 2.61. The molecule has 1 saturated heterocycles. The van der Waals surface area contributed by atoms with Gasteiger partial charge in [0.25, 0.3) is 0 Å². The molecule has 1 fully saturated rings. The molecule has 1 aliphatic rings. The van der Waals surface area contributed by atoms with Gasteiger partial charge < -0.3 is 15.0 Å². The maximum atomic E-state index is 12.4. The van der Waals surface area contributed by atoms with Crippen molar-refractivity contribution in [3.63, 3.8) is 0 Å². The van der Waals surface area contributed by atoms with Crippen LogP contribution in [0.2, 0.25) is 0 Å². The third-order valence-electron chi connectivity index (χ3n) is 4.28. The Bertz CT molecular complexity index is 616. The number of benzene rings is 1. The molecule has 1 aliphatic heterocycles. The van der Waals surface area contributed by atoms with Crippen LogP contribution in [0.3, 0.4) is 0 Å². The van der Waals surface area contributed by atoms with Gasteiger partial charge in [0, 0.05) is 19.6 Å². The fourth-order valence-corrected chi connectivity index (χ4v) is 2.85. The molecule has 1 aromatic rings. The van der Waals surface area contributed by atoms with E-state index in [4.69, 9.17) is 10.00 Å². The quantitative estimate of drug-likeness (QED) is 0.857. The average molecular weight is 329 g/mol. The van der Waals surface area contributed by atoms with Crippen LogP contribution >= 0.6 is 0 Å². The number of hydrogen-bond acceptors (Lipinski definition) is 4. The molecule has 1 aromatic carbocycles. The summed E-state index contributed by atoms with van der Waals surface area (Å²) >= 11 is 0. The number of nitriles is 1. The zero-order valence-corrected chi connectivity index (χ0v) is 14.0. The van der Waals surface area contributed by atoms with Crippen molar-refractivity contribution in [2.45, 2.75) is 25.7 Å². The van der Waals surface area contributed by atoms with Gasteiger partial charge in [0.1, 0.15) is 12.2 Å². The standard InChI is InChI=1S/C18H23N3O3/c1-24-16-4-2-3-15(11-16)12-18(23)21-9-6-14(7-10-21)13-20-17(22)5-8-19/h2-4,11,14H,5-7,9-10,12-13H2,1H3,(H,20,22). The van der Waals surface area contributed by atoms with E-state index in [0.29, 0.717) is 32.0 Å². The first-order valence-electron chi connectivity index (χ1n) is 8.16. The van der Waals surface area contributed by atoms with Gasteiger partial charge in [0.05, 0.1) is 19.6 Å². The van der Waals surface area contributed by atoms with Gasteiger partial charge in [-0.1, -0.05) is 12.1 Å². The second-order valence-electron chi connectivity index (χ2n) is 5.99. The van der Waals surface area contributed by atoms with Crippen molar-refractivity contribution in [3.8, 4) is 11.8 Å². The third-order valence-corrected chi connectivity index (χ3v) is 4.28. The van der Waals surface area contributed by atoms with Gasteiger partial charge in [-0.05, 0) is 36.5 Å². The maximum Gasteiger partial charge on any atom is 0.234 e. The molecule has 24 heavy (non-hydrogen) atoms. The van der Waals surface area contributed by atoms with Crippen LogP contribution in [-0.4, -0.2) is 43.5 Å². The number of ether oxygens (including phenoxy) is 1. The van der Waals surface area contributed by atoms with Crippen LogP contribution in [0, 0.1) is 17.2 Å². The lowest BCUT2D eigenvalue weighted by Crippen LogP contribution is -2.42. The molecular formula is C18H23N3O3. The molecule has 0 atom stereocenters. The first-order chi connectivity index (χ1) is 11.6. The minimum Gasteiger partial charge on any atom is -0.497 e. The van der Waals surface area contributed by atoms with E-state index in [9.17, 15) is 9.59 Å². The molecule has 2 rings (SSSR count). The van der Waals surface area contributed by atoms with E-state index < -0.39 is 0 Å². The molecule has 0 spiro atoms. The van der Waals surface area contributed by atoms with Crippen molar-refractivity contribution in [2.24, 2.45) is 5.92 Å². The molecule has 0 aromatic heterocycles. The number of piperidine rings is 1. The summed E-state index contributed by atoms with van der Waals surface area (Å²) in [5.41, 5.74) is 0.949. The Hall–Kier alpha value is -2.55. The Morgan fingerprint density at radius 1 is 1.38 bits per heavy atom. The zero-order chi connectivity index (χ0) is 17.4. The van der Waals surface area contributed by atoms with Crippen LogP contribution in [0.1, 0.15) is 24.8 Å². The molecule has 128 valence electrons. The van der Waals surface area contributed by atoms with E-state index in [0.717, 1.165) is 24.2 Å². The summed E-state index contributed by atoms with van der Waals surface area (Å²) in [6.07, 6.45) is 2.02. The molecule has 1 heterocycles. The summed E-state index contributed by atoms with van der Waals surface area (Å²) in [6.45, 7) is 2.00. The van der Waals surface area contributed by atoms with Crippen molar-refractivity contribution < 1.29 is 14.3 Å². The normalized spacial score (nSPS) is 14.8. The molecule has 6 nitrogen and oxygen atoms in total. The second kappa shape index (κ2) is 8.92. The van der Waals surface area contributed by atoms with Crippen LogP contribution in [0.5, 0.6) is 5.75 Å². The number of methoxy groups -OCH3 is 1. The molecule has 1 N–H and O–H groups in total. The number of hydrogen-bond donors (Lipinski definition) is 1. The number of likely N-dealkylation sites (tertiary alicyclic amines) is 1. The lowest BCUT2D eigenvalue weighted by atomic mass is 9.96. The predicted molar refractivity (Wildman–Crippen MR) is 89.2 cm³/mol. The fourth-order valence-electron chi connectivity index (χ4n) is 2.85. The highest BCUT2D eigenvalue weighted by Gasteiger charge is 2.23. The van der Waals surface area contributed by atoms with E-state index >= 15 is 0 Å². The van der Waals surface area contributed by atoms with E-state index in [-0.39, 0.29) is 18.2 Å². The Balaban J connectivity index is 1.76. The van der Waals surface area contributed by atoms with Crippen molar-refractivity contribution >= 4 is 11.8 Å². The van der Waals surface area contributed by atoms with Gasteiger partial charge in [-0.25, -0.2) is 0 Å². The van der Waals surface area contributed by atoms with Gasteiger partial charge in [-0.2, -0.15) is 5.26 Å². The minimum absolute atomic E-state index is 0.0993. The summed E-state index contributed by atoms with van der Waals surface area (Å²) in [5.74, 6) is 1.02. The van der Waals surface area contributed by atoms with Crippen molar-refractivity contribution in [1.29, 1.82) is 5.26 Å². The van der Waals surface area contributed by atoms with Crippen LogP contribution in [-0.2, 0) is 16.0 Å². The molecule has 0 unspecified atom stereocenters. The van der Waals surface area contributed by atoms with Crippen LogP contribution in [0.4, 0.5) is 0 Å². The molecule has 0 aliphatic carbocycles. The number of rotatable bonds is 6. The van der Waals surface area contributed by atoms with Crippen molar-refractivity contribution in [1.82, 2.24) is 10.2 Å². The summed E-state index contributed by atoms with van der Waals surface area (Å²) < 4.78 is 5.18. The first kappa shape index (κ1) is 17.8. The highest BCUT2D eigenvalue weighted by molar-refractivity contribution is 5.79. The van der Waals surface area contributed by atoms with Crippen molar-refractivity contribution in [2.75, 3.05) is 26.7 Å². The molecule has 2 amide bonds. The van der Waals surface area contributed by atoms with Gasteiger partial charge in [-0.15, -0.1) is 0 Å². The SMILES string of the molecule is COc1cccc(CC(=O)N2CCC(CNC(=O)CC#N)CC2)c1. The zero-order valence-electron chi connectivity index (χ0n) is 14.0.